The van der Waals surface area contributed by atoms with Crippen molar-refractivity contribution in [2.75, 3.05) is 0 Å². The van der Waals surface area contributed by atoms with Crippen molar-refractivity contribution in [2.24, 2.45) is 22.2 Å². The Kier molecular flexibility index (Phi) is 3.95. The number of carbonyl (C=O) groups excluding carboxylic acids is 1. The standard InChI is InChI=1S/C23H36O2/c1-17(21(11-6-12-21)19(24)25-20(2,3)4)22(13-7-14-22)23(15-8-16-23)18-9-5-10-18/h18H,1,5-16H2,2-4H3. The molecular weight excluding hydrogens is 308 g/mol. The molecule has 4 saturated carbocycles. The van der Waals surface area contributed by atoms with Crippen molar-refractivity contribution in [1.82, 2.24) is 0 Å². The lowest BCUT2D eigenvalue weighted by molar-refractivity contribution is -0.180. The summed E-state index contributed by atoms with van der Waals surface area (Å²) in [5.41, 5.74) is 1.23. The Bertz CT molecular complexity index is 563. The predicted molar refractivity (Wildman–Crippen MR) is 101 cm³/mol. The number of carbonyl (C=O) groups is 1. The Labute approximate surface area is 153 Å². The largest absolute Gasteiger partial charge is 0.459 e. The fourth-order valence-corrected chi connectivity index (χ4v) is 6.42. The van der Waals surface area contributed by atoms with Gasteiger partial charge in [-0.25, -0.2) is 0 Å². The molecule has 4 rings (SSSR count). The summed E-state index contributed by atoms with van der Waals surface area (Å²) in [4.78, 5) is 13.2. The summed E-state index contributed by atoms with van der Waals surface area (Å²) < 4.78 is 5.90. The molecule has 2 nitrogen and oxygen atoms in total. The van der Waals surface area contributed by atoms with Crippen molar-refractivity contribution in [3.05, 3.63) is 12.2 Å². The number of hydrogen-bond acceptors (Lipinski definition) is 2. The first-order chi connectivity index (χ1) is 11.8. The molecule has 0 radical (unpaired) electrons. The highest BCUT2D eigenvalue weighted by Gasteiger charge is 2.66. The van der Waals surface area contributed by atoms with Gasteiger partial charge in [-0.3, -0.25) is 4.79 Å². The summed E-state index contributed by atoms with van der Waals surface area (Å²) in [5, 5.41) is 0. The summed E-state index contributed by atoms with van der Waals surface area (Å²) in [6, 6.07) is 0. The molecule has 0 spiro atoms. The van der Waals surface area contributed by atoms with Gasteiger partial charge in [0.1, 0.15) is 5.60 Å². The van der Waals surface area contributed by atoms with Gasteiger partial charge in [-0.1, -0.05) is 37.8 Å². The first-order valence-corrected chi connectivity index (χ1v) is 10.7. The Hall–Kier alpha value is -0.790. The number of ether oxygens (including phenoxy) is 1. The number of rotatable bonds is 5. The monoisotopic (exact) mass is 344 g/mol. The lowest BCUT2D eigenvalue weighted by atomic mass is 9.35. The highest BCUT2D eigenvalue weighted by atomic mass is 16.6. The maximum atomic E-state index is 13.2. The zero-order chi connectivity index (χ0) is 17.9. The second-order valence-electron chi connectivity index (χ2n) is 10.5. The summed E-state index contributed by atoms with van der Waals surface area (Å²) in [5.74, 6) is 0.916. The van der Waals surface area contributed by atoms with Crippen molar-refractivity contribution >= 4 is 5.97 Å². The minimum atomic E-state index is -0.408. The summed E-state index contributed by atoms with van der Waals surface area (Å²) in [6.07, 6.45) is 15.3. The van der Waals surface area contributed by atoms with Gasteiger partial charge < -0.3 is 4.74 Å². The normalized spacial score (nSPS) is 29.4. The van der Waals surface area contributed by atoms with E-state index >= 15 is 0 Å². The average molecular weight is 345 g/mol. The molecule has 0 aromatic rings. The van der Waals surface area contributed by atoms with E-state index in [2.05, 4.69) is 6.58 Å². The van der Waals surface area contributed by atoms with Crippen LogP contribution < -0.4 is 0 Å². The third-order valence-electron chi connectivity index (χ3n) is 8.44. The first kappa shape index (κ1) is 17.6. The van der Waals surface area contributed by atoms with Crippen LogP contribution in [0.3, 0.4) is 0 Å². The molecule has 0 aromatic carbocycles. The maximum Gasteiger partial charge on any atom is 0.316 e. The Morgan fingerprint density at radius 3 is 1.76 bits per heavy atom. The van der Waals surface area contributed by atoms with E-state index in [1.165, 1.54) is 63.4 Å². The van der Waals surface area contributed by atoms with Gasteiger partial charge in [-0.15, -0.1) is 0 Å². The van der Waals surface area contributed by atoms with E-state index in [1.807, 2.05) is 20.8 Å². The maximum absolute atomic E-state index is 13.2. The average Bonchev–Trinajstić information content (AvgIpc) is 2.27. The van der Waals surface area contributed by atoms with Crippen LogP contribution in [0.1, 0.15) is 97.8 Å². The third kappa shape index (κ3) is 2.31. The zero-order valence-corrected chi connectivity index (χ0v) is 16.6. The molecule has 0 aliphatic heterocycles. The summed E-state index contributed by atoms with van der Waals surface area (Å²) in [7, 11) is 0. The van der Waals surface area contributed by atoms with Crippen molar-refractivity contribution in [2.45, 2.75) is 103 Å². The molecular formula is C23H36O2. The first-order valence-electron chi connectivity index (χ1n) is 10.7. The molecule has 0 atom stereocenters. The van der Waals surface area contributed by atoms with Crippen LogP contribution in [-0.4, -0.2) is 11.6 Å². The highest BCUT2D eigenvalue weighted by molar-refractivity contribution is 5.82. The smallest absolute Gasteiger partial charge is 0.316 e. The van der Waals surface area contributed by atoms with Crippen molar-refractivity contribution < 1.29 is 9.53 Å². The van der Waals surface area contributed by atoms with Gasteiger partial charge in [0, 0.05) is 0 Å². The minimum Gasteiger partial charge on any atom is -0.459 e. The number of esters is 1. The van der Waals surface area contributed by atoms with E-state index in [4.69, 9.17) is 4.74 Å². The topological polar surface area (TPSA) is 26.3 Å². The summed E-state index contributed by atoms with van der Waals surface area (Å²) >= 11 is 0. The molecule has 4 aliphatic rings. The fourth-order valence-electron chi connectivity index (χ4n) is 6.42. The van der Waals surface area contributed by atoms with E-state index in [-0.39, 0.29) is 16.8 Å². The quantitative estimate of drug-likeness (QED) is 0.439. The van der Waals surface area contributed by atoms with Crippen LogP contribution in [-0.2, 0) is 9.53 Å². The molecule has 140 valence electrons. The molecule has 4 fully saturated rings. The third-order valence-corrected chi connectivity index (χ3v) is 8.44. The number of hydrogen-bond donors (Lipinski definition) is 0. The molecule has 0 bridgehead atoms. The lowest BCUT2D eigenvalue weighted by Crippen LogP contribution is -2.61. The van der Waals surface area contributed by atoms with E-state index in [0.29, 0.717) is 5.41 Å². The highest BCUT2D eigenvalue weighted by Crippen LogP contribution is 2.74. The fraction of sp³-hybridized carbons (Fsp3) is 0.870. The predicted octanol–water partition coefficient (Wildman–Crippen LogP) is 6.20. The molecule has 2 heteroatoms. The van der Waals surface area contributed by atoms with Gasteiger partial charge in [0.05, 0.1) is 5.41 Å². The van der Waals surface area contributed by atoms with Gasteiger partial charge in [0.15, 0.2) is 0 Å². The van der Waals surface area contributed by atoms with Gasteiger partial charge in [-0.2, -0.15) is 0 Å². The SMILES string of the molecule is C=C(C1(C(=O)OC(C)(C)C)CCC1)C1(C2(C3CCC3)CCC2)CCC1. The van der Waals surface area contributed by atoms with Crippen LogP contribution in [0.25, 0.3) is 0 Å². The minimum absolute atomic E-state index is 0.0191. The van der Waals surface area contributed by atoms with Gasteiger partial charge in [0.25, 0.3) is 0 Å². The molecule has 0 amide bonds. The Morgan fingerprint density at radius 2 is 1.48 bits per heavy atom. The van der Waals surface area contributed by atoms with Crippen LogP contribution in [0.2, 0.25) is 0 Å². The zero-order valence-electron chi connectivity index (χ0n) is 16.6. The Morgan fingerprint density at radius 1 is 0.920 bits per heavy atom. The molecule has 0 saturated heterocycles. The van der Waals surface area contributed by atoms with Gasteiger partial charge >= 0.3 is 5.97 Å². The van der Waals surface area contributed by atoms with Crippen molar-refractivity contribution in [1.29, 1.82) is 0 Å². The van der Waals surface area contributed by atoms with Gasteiger partial charge in [0.2, 0.25) is 0 Å². The molecule has 0 aromatic heterocycles. The van der Waals surface area contributed by atoms with Crippen LogP contribution in [0.5, 0.6) is 0 Å². The molecule has 0 N–H and O–H groups in total. The summed E-state index contributed by atoms with van der Waals surface area (Å²) in [6.45, 7) is 10.6. The van der Waals surface area contributed by atoms with Crippen LogP contribution in [0.15, 0.2) is 12.2 Å². The second-order valence-corrected chi connectivity index (χ2v) is 10.5. The van der Waals surface area contributed by atoms with Crippen molar-refractivity contribution in [3.63, 3.8) is 0 Å². The van der Waals surface area contributed by atoms with Crippen LogP contribution >= 0.6 is 0 Å². The Balaban J connectivity index is 1.64. The van der Waals surface area contributed by atoms with Crippen LogP contribution in [0.4, 0.5) is 0 Å². The van der Waals surface area contributed by atoms with E-state index in [9.17, 15) is 4.79 Å². The van der Waals surface area contributed by atoms with E-state index in [1.54, 1.807) is 0 Å². The molecule has 0 unspecified atom stereocenters. The molecule has 25 heavy (non-hydrogen) atoms. The molecule has 0 heterocycles. The second kappa shape index (κ2) is 5.60. The van der Waals surface area contributed by atoms with Crippen LogP contribution in [0, 0.1) is 22.2 Å². The molecule has 4 aliphatic carbocycles. The lowest BCUT2D eigenvalue weighted by Gasteiger charge is -2.69. The van der Waals surface area contributed by atoms with Crippen molar-refractivity contribution in [3.8, 4) is 0 Å². The van der Waals surface area contributed by atoms with Gasteiger partial charge in [-0.05, 0) is 88.9 Å². The van der Waals surface area contributed by atoms with E-state index < -0.39 is 5.60 Å². The van der Waals surface area contributed by atoms with E-state index in [0.717, 1.165) is 25.2 Å².